The first-order valence-electron chi connectivity index (χ1n) is 5.56. The van der Waals surface area contributed by atoms with Gasteiger partial charge < -0.3 is 9.30 Å². The van der Waals surface area contributed by atoms with Gasteiger partial charge in [0.25, 0.3) is 0 Å². The van der Waals surface area contributed by atoms with Crippen molar-refractivity contribution in [3.8, 4) is 0 Å². The molecule has 2 aromatic rings. The normalized spacial score (nSPS) is 11.8. The molecule has 0 bridgehead atoms. The number of alkyl halides is 3. The summed E-state index contributed by atoms with van der Waals surface area (Å²) in [5, 5.41) is 0. The third kappa shape index (κ3) is 2.27. The maximum atomic E-state index is 12.8. The number of fused-ring (bicyclic) bond motifs is 1. The minimum absolute atomic E-state index is 0.00391. The second-order valence-corrected chi connectivity index (χ2v) is 3.89. The Balaban J connectivity index is 2.67. The van der Waals surface area contributed by atoms with E-state index in [1.807, 2.05) is 0 Å². The van der Waals surface area contributed by atoms with Crippen molar-refractivity contribution < 1.29 is 22.7 Å². The van der Waals surface area contributed by atoms with Gasteiger partial charge >= 0.3 is 12.1 Å². The molecule has 0 unspecified atom stereocenters. The molecule has 0 radical (unpaired) electrons. The number of rotatable bonds is 2. The molecule has 1 heterocycles. The molecule has 0 saturated heterocycles. The highest BCUT2D eigenvalue weighted by Gasteiger charge is 2.37. The third-order valence-corrected chi connectivity index (χ3v) is 2.66. The lowest BCUT2D eigenvalue weighted by Gasteiger charge is -2.05. The molecule has 19 heavy (non-hydrogen) atoms. The van der Waals surface area contributed by atoms with Crippen molar-refractivity contribution in [3.05, 3.63) is 29.6 Å². The van der Waals surface area contributed by atoms with Gasteiger partial charge in [-0.1, -0.05) is 6.07 Å². The largest absolute Gasteiger partial charge is 0.462 e. The molecule has 2 rings (SSSR count). The Morgan fingerprint density at radius 1 is 1.42 bits per heavy atom. The molecule has 0 atom stereocenters. The number of hydrogen-bond acceptors (Lipinski definition) is 3. The van der Waals surface area contributed by atoms with Crippen molar-refractivity contribution in [3.63, 3.8) is 0 Å². The quantitative estimate of drug-likeness (QED) is 0.789. The molecular formula is C12H11F3N2O2. The summed E-state index contributed by atoms with van der Waals surface area (Å²) in [6.45, 7) is 1.77. The lowest BCUT2D eigenvalue weighted by molar-refractivity contribution is -0.146. The van der Waals surface area contributed by atoms with E-state index in [4.69, 9.17) is 4.74 Å². The predicted octanol–water partition coefficient (Wildman–Crippen LogP) is 2.77. The average molecular weight is 272 g/mol. The Kier molecular flexibility index (Phi) is 3.21. The Hall–Kier alpha value is -2.05. The van der Waals surface area contributed by atoms with E-state index in [9.17, 15) is 18.0 Å². The SMILES string of the molecule is CCOC(=O)c1cccc2c1nc(C(F)(F)F)n2C. The van der Waals surface area contributed by atoms with E-state index in [2.05, 4.69) is 4.98 Å². The molecule has 0 saturated carbocycles. The zero-order chi connectivity index (χ0) is 14.2. The third-order valence-electron chi connectivity index (χ3n) is 2.66. The molecule has 0 N–H and O–H groups in total. The minimum atomic E-state index is -4.57. The number of hydrogen-bond donors (Lipinski definition) is 0. The van der Waals surface area contributed by atoms with Crippen molar-refractivity contribution in [2.24, 2.45) is 7.05 Å². The summed E-state index contributed by atoms with van der Waals surface area (Å²) in [5.74, 6) is -1.72. The zero-order valence-electron chi connectivity index (χ0n) is 10.3. The van der Waals surface area contributed by atoms with Gasteiger partial charge in [0.2, 0.25) is 5.82 Å². The van der Waals surface area contributed by atoms with Gasteiger partial charge in [-0.05, 0) is 19.1 Å². The van der Waals surface area contributed by atoms with Gasteiger partial charge in [-0.15, -0.1) is 0 Å². The lowest BCUT2D eigenvalue weighted by atomic mass is 10.2. The molecule has 1 aromatic heterocycles. The molecule has 0 aliphatic rings. The number of para-hydroxylation sites is 1. The van der Waals surface area contributed by atoms with E-state index in [0.717, 1.165) is 4.57 Å². The van der Waals surface area contributed by atoms with Crippen LogP contribution in [-0.2, 0) is 18.0 Å². The number of aromatic nitrogens is 2. The molecule has 0 aliphatic heterocycles. The number of carbonyl (C=O) groups is 1. The lowest BCUT2D eigenvalue weighted by Crippen LogP contribution is -2.12. The summed E-state index contributed by atoms with van der Waals surface area (Å²) in [6.07, 6.45) is -4.57. The Morgan fingerprint density at radius 3 is 2.68 bits per heavy atom. The van der Waals surface area contributed by atoms with Crippen LogP contribution >= 0.6 is 0 Å². The monoisotopic (exact) mass is 272 g/mol. The predicted molar refractivity (Wildman–Crippen MR) is 61.7 cm³/mol. The summed E-state index contributed by atoms with van der Waals surface area (Å²) in [7, 11) is 1.26. The second kappa shape index (κ2) is 4.56. The van der Waals surface area contributed by atoms with Crippen molar-refractivity contribution in [1.82, 2.24) is 9.55 Å². The van der Waals surface area contributed by atoms with Crippen molar-refractivity contribution in [2.45, 2.75) is 13.1 Å². The molecule has 0 spiro atoms. The Morgan fingerprint density at radius 2 is 2.11 bits per heavy atom. The van der Waals surface area contributed by atoms with E-state index in [1.165, 1.54) is 25.2 Å². The summed E-state index contributed by atoms with van der Waals surface area (Å²) >= 11 is 0. The van der Waals surface area contributed by atoms with Gasteiger partial charge in [-0.2, -0.15) is 13.2 Å². The van der Waals surface area contributed by atoms with Crippen molar-refractivity contribution in [1.29, 1.82) is 0 Å². The first-order valence-corrected chi connectivity index (χ1v) is 5.56. The molecule has 1 aromatic carbocycles. The van der Waals surface area contributed by atoms with E-state index in [-0.39, 0.29) is 23.2 Å². The van der Waals surface area contributed by atoms with Gasteiger partial charge in [0, 0.05) is 7.05 Å². The fraction of sp³-hybridized carbons (Fsp3) is 0.333. The van der Waals surface area contributed by atoms with Gasteiger partial charge in [0.05, 0.1) is 17.7 Å². The van der Waals surface area contributed by atoms with Gasteiger partial charge in [0.15, 0.2) is 0 Å². The number of imidazole rings is 1. The standard InChI is InChI=1S/C12H11F3N2O2/c1-3-19-10(18)7-5-4-6-8-9(7)16-11(17(8)2)12(13,14)15/h4-6H,3H2,1-2H3. The van der Waals surface area contributed by atoms with E-state index in [0.29, 0.717) is 0 Å². The van der Waals surface area contributed by atoms with E-state index < -0.39 is 18.0 Å². The van der Waals surface area contributed by atoms with Gasteiger partial charge in [-0.3, -0.25) is 0 Å². The van der Waals surface area contributed by atoms with Gasteiger partial charge in [0.1, 0.15) is 5.52 Å². The fourth-order valence-electron chi connectivity index (χ4n) is 1.84. The molecule has 0 aliphatic carbocycles. The highest BCUT2D eigenvalue weighted by Crippen LogP contribution is 2.31. The first-order chi connectivity index (χ1) is 8.86. The fourth-order valence-corrected chi connectivity index (χ4v) is 1.84. The summed E-state index contributed by atoms with van der Waals surface area (Å²) < 4.78 is 44.0. The topological polar surface area (TPSA) is 44.1 Å². The summed E-state index contributed by atoms with van der Waals surface area (Å²) in [4.78, 5) is 15.2. The number of aryl methyl sites for hydroxylation is 1. The van der Waals surface area contributed by atoms with Crippen molar-refractivity contribution >= 4 is 17.0 Å². The van der Waals surface area contributed by atoms with Crippen LogP contribution in [0.3, 0.4) is 0 Å². The van der Waals surface area contributed by atoms with E-state index in [1.54, 1.807) is 6.92 Å². The maximum Gasteiger partial charge on any atom is 0.449 e. The van der Waals surface area contributed by atoms with Crippen LogP contribution < -0.4 is 0 Å². The highest BCUT2D eigenvalue weighted by atomic mass is 19.4. The van der Waals surface area contributed by atoms with Crippen LogP contribution in [-0.4, -0.2) is 22.1 Å². The minimum Gasteiger partial charge on any atom is -0.462 e. The number of carbonyl (C=O) groups excluding carboxylic acids is 1. The number of nitrogens with zero attached hydrogens (tertiary/aromatic N) is 2. The van der Waals surface area contributed by atoms with Crippen LogP contribution in [0.25, 0.3) is 11.0 Å². The van der Waals surface area contributed by atoms with Crippen LogP contribution in [0.2, 0.25) is 0 Å². The summed E-state index contributed by atoms with van der Waals surface area (Å²) in [6, 6.07) is 4.37. The van der Waals surface area contributed by atoms with Crippen LogP contribution in [0.15, 0.2) is 18.2 Å². The highest BCUT2D eigenvalue weighted by molar-refractivity contribution is 6.02. The molecular weight excluding hydrogens is 261 g/mol. The Labute approximate surface area is 106 Å². The second-order valence-electron chi connectivity index (χ2n) is 3.89. The molecule has 0 amide bonds. The van der Waals surface area contributed by atoms with Gasteiger partial charge in [-0.25, -0.2) is 9.78 Å². The number of halogens is 3. The molecule has 4 nitrogen and oxygen atoms in total. The average Bonchev–Trinajstić information content (AvgIpc) is 2.67. The van der Waals surface area contributed by atoms with Crippen LogP contribution in [0.1, 0.15) is 23.1 Å². The molecule has 0 fully saturated rings. The van der Waals surface area contributed by atoms with Crippen molar-refractivity contribution in [2.75, 3.05) is 6.61 Å². The smallest absolute Gasteiger partial charge is 0.449 e. The zero-order valence-corrected chi connectivity index (χ0v) is 10.3. The van der Waals surface area contributed by atoms with Crippen LogP contribution in [0.4, 0.5) is 13.2 Å². The summed E-state index contributed by atoms with van der Waals surface area (Å²) in [5.41, 5.74) is 0.263. The first kappa shape index (κ1) is 13.4. The van der Waals surface area contributed by atoms with Crippen LogP contribution in [0.5, 0.6) is 0 Å². The maximum absolute atomic E-state index is 12.8. The van der Waals surface area contributed by atoms with Crippen LogP contribution in [0, 0.1) is 0 Å². The number of benzene rings is 1. The molecule has 102 valence electrons. The number of ether oxygens (including phenoxy) is 1. The molecule has 7 heteroatoms. The van der Waals surface area contributed by atoms with E-state index >= 15 is 0 Å². The number of esters is 1. The Bertz CT molecular complexity index is 632.